The summed E-state index contributed by atoms with van der Waals surface area (Å²) in [5, 5.41) is 0. The van der Waals surface area contributed by atoms with Crippen molar-refractivity contribution in [3.8, 4) is 11.1 Å². The number of aryl methyl sites for hydroxylation is 1. The lowest BCUT2D eigenvalue weighted by Gasteiger charge is -2.32. The number of nitrogens with one attached hydrogen (secondary N) is 1. The average molecular weight is 430 g/mol. The molecule has 32 heavy (non-hydrogen) atoms. The van der Waals surface area contributed by atoms with Crippen LogP contribution in [0.2, 0.25) is 0 Å². The first kappa shape index (κ1) is 21.6. The maximum Gasteiger partial charge on any atom is 0.289 e. The van der Waals surface area contributed by atoms with Gasteiger partial charge in [-0.15, -0.1) is 0 Å². The molecule has 0 saturated heterocycles. The van der Waals surface area contributed by atoms with Gasteiger partial charge in [-0.2, -0.15) is 0 Å². The first-order chi connectivity index (χ1) is 15.3. The van der Waals surface area contributed by atoms with Gasteiger partial charge in [0.05, 0.1) is 18.6 Å². The number of ketones is 1. The Hall–Kier alpha value is -3.67. The number of amides is 1. The van der Waals surface area contributed by atoms with E-state index in [9.17, 15) is 9.59 Å². The standard InChI is InChI=1S/C26H27N3O3/c1-18-23(28-17-27-18)16-29(25(31)24-13-21(30)14-26(2,3)32-24)15-20-11-7-8-12-22(20)19-9-5-4-6-10-19/h4-13,17H,14-16H2,1-3H3,(H,27,28). The van der Waals surface area contributed by atoms with Gasteiger partial charge in [-0.05, 0) is 37.5 Å². The van der Waals surface area contributed by atoms with Crippen molar-refractivity contribution < 1.29 is 14.3 Å². The Morgan fingerprint density at radius 2 is 1.81 bits per heavy atom. The second-order valence-corrected chi connectivity index (χ2v) is 8.67. The number of imidazole rings is 1. The number of benzene rings is 2. The van der Waals surface area contributed by atoms with Crippen LogP contribution in [0, 0.1) is 6.92 Å². The Morgan fingerprint density at radius 1 is 1.09 bits per heavy atom. The van der Waals surface area contributed by atoms with Gasteiger partial charge >= 0.3 is 0 Å². The molecule has 6 heteroatoms. The number of nitrogens with zero attached hydrogens (tertiary/aromatic N) is 2. The minimum Gasteiger partial charge on any atom is -0.481 e. The summed E-state index contributed by atoms with van der Waals surface area (Å²) in [6.45, 7) is 6.21. The maximum absolute atomic E-state index is 13.6. The van der Waals surface area contributed by atoms with E-state index in [-0.39, 0.29) is 23.9 Å². The molecule has 0 radical (unpaired) electrons. The Kier molecular flexibility index (Phi) is 5.95. The number of aromatic amines is 1. The Labute approximate surface area is 187 Å². The first-order valence-electron chi connectivity index (χ1n) is 10.7. The zero-order valence-electron chi connectivity index (χ0n) is 18.6. The molecular formula is C26H27N3O3. The number of allylic oxidation sites excluding steroid dienone is 1. The summed E-state index contributed by atoms with van der Waals surface area (Å²) in [4.78, 5) is 34.9. The van der Waals surface area contributed by atoms with Crippen molar-refractivity contribution in [1.29, 1.82) is 0 Å². The topological polar surface area (TPSA) is 75.3 Å². The fraction of sp³-hybridized carbons (Fsp3) is 0.269. The number of ether oxygens (including phenoxy) is 1. The van der Waals surface area contributed by atoms with Crippen LogP contribution in [0.1, 0.15) is 37.2 Å². The Morgan fingerprint density at radius 3 is 2.50 bits per heavy atom. The molecule has 1 N–H and O–H groups in total. The minimum atomic E-state index is -0.716. The van der Waals surface area contributed by atoms with Crippen LogP contribution in [0.5, 0.6) is 0 Å². The Bertz CT molecular complexity index is 1160. The van der Waals surface area contributed by atoms with Crippen molar-refractivity contribution in [2.75, 3.05) is 0 Å². The van der Waals surface area contributed by atoms with E-state index in [0.29, 0.717) is 13.1 Å². The van der Waals surface area contributed by atoms with Crippen LogP contribution in [0.15, 0.2) is 72.8 Å². The molecule has 164 valence electrons. The second kappa shape index (κ2) is 8.83. The molecule has 0 saturated carbocycles. The van der Waals surface area contributed by atoms with Crippen LogP contribution in [-0.2, 0) is 27.4 Å². The van der Waals surface area contributed by atoms with Crippen molar-refractivity contribution >= 4 is 11.7 Å². The van der Waals surface area contributed by atoms with Gasteiger partial charge in [0.15, 0.2) is 11.5 Å². The number of hydrogen-bond acceptors (Lipinski definition) is 4. The van der Waals surface area contributed by atoms with Crippen LogP contribution in [0.4, 0.5) is 0 Å². The third kappa shape index (κ3) is 4.80. The molecule has 0 bridgehead atoms. The van der Waals surface area contributed by atoms with Crippen LogP contribution in [0.25, 0.3) is 11.1 Å². The molecule has 1 aliphatic rings. The molecule has 0 unspecified atom stereocenters. The molecule has 6 nitrogen and oxygen atoms in total. The summed E-state index contributed by atoms with van der Waals surface area (Å²) in [6, 6.07) is 18.1. The number of aromatic nitrogens is 2. The second-order valence-electron chi connectivity index (χ2n) is 8.67. The normalized spacial score (nSPS) is 15.1. The lowest BCUT2D eigenvalue weighted by atomic mass is 9.97. The van der Waals surface area contributed by atoms with Crippen LogP contribution in [0.3, 0.4) is 0 Å². The molecule has 1 aliphatic heterocycles. The third-order valence-corrected chi connectivity index (χ3v) is 5.51. The molecule has 0 atom stereocenters. The van der Waals surface area contributed by atoms with Crippen molar-refractivity contribution in [2.45, 2.75) is 45.9 Å². The van der Waals surface area contributed by atoms with E-state index in [1.54, 1.807) is 11.2 Å². The summed E-state index contributed by atoms with van der Waals surface area (Å²) in [7, 11) is 0. The summed E-state index contributed by atoms with van der Waals surface area (Å²) in [5.41, 5.74) is 4.09. The number of H-pyrrole nitrogens is 1. The first-order valence-corrected chi connectivity index (χ1v) is 10.7. The molecule has 0 aliphatic carbocycles. The van der Waals surface area contributed by atoms with E-state index in [0.717, 1.165) is 28.1 Å². The molecule has 2 heterocycles. The lowest BCUT2D eigenvalue weighted by molar-refractivity contribution is -0.139. The molecule has 3 aromatic rings. The largest absolute Gasteiger partial charge is 0.481 e. The summed E-state index contributed by atoms with van der Waals surface area (Å²) >= 11 is 0. The highest BCUT2D eigenvalue weighted by Gasteiger charge is 2.34. The van der Waals surface area contributed by atoms with Crippen LogP contribution >= 0.6 is 0 Å². The van der Waals surface area contributed by atoms with E-state index in [1.807, 2.05) is 57.2 Å². The SMILES string of the molecule is Cc1[nH]cnc1CN(Cc1ccccc1-c1ccccc1)C(=O)C1=CC(=O)CC(C)(C)O1. The number of carbonyl (C=O) groups excluding carboxylic acids is 2. The zero-order valence-corrected chi connectivity index (χ0v) is 18.6. The zero-order chi connectivity index (χ0) is 22.7. The van der Waals surface area contributed by atoms with Crippen molar-refractivity contribution in [3.05, 3.63) is 89.7 Å². The van der Waals surface area contributed by atoms with Gasteiger partial charge < -0.3 is 14.6 Å². The molecule has 0 fully saturated rings. The molecule has 2 aromatic carbocycles. The quantitative estimate of drug-likeness (QED) is 0.623. The van der Waals surface area contributed by atoms with Crippen molar-refractivity contribution in [3.63, 3.8) is 0 Å². The van der Waals surface area contributed by atoms with Gasteiger partial charge in [0.25, 0.3) is 5.91 Å². The summed E-state index contributed by atoms with van der Waals surface area (Å²) in [6.07, 6.45) is 3.19. The number of rotatable bonds is 6. The smallest absolute Gasteiger partial charge is 0.289 e. The molecule has 1 amide bonds. The lowest BCUT2D eigenvalue weighted by Crippen LogP contribution is -2.39. The predicted octanol–water partition coefficient (Wildman–Crippen LogP) is 4.57. The fourth-order valence-corrected chi connectivity index (χ4v) is 3.93. The van der Waals surface area contributed by atoms with E-state index >= 15 is 0 Å². The summed E-state index contributed by atoms with van der Waals surface area (Å²) in [5.74, 6) is -0.349. The highest BCUT2D eigenvalue weighted by molar-refractivity contribution is 6.01. The van der Waals surface area contributed by atoms with Gasteiger partial charge in [0.1, 0.15) is 5.60 Å². The molecule has 4 rings (SSSR count). The van der Waals surface area contributed by atoms with E-state index in [2.05, 4.69) is 28.2 Å². The predicted molar refractivity (Wildman–Crippen MR) is 122 cm³/mol. The van der Waals surface area contributed by atoms with Gasteiger partial charge in [0.2, 0.25) is 0 Å². The van der Waals surface area contributed by atoms with Crippen LogP contribution < -0.4 is 0 Å². The maximum atomic E-state index is 13.6. The van der Waals surface area contributed by atoms with Crippen molar-refractivity contribution in [1.82, 2.24) is 14.9 Å². The Balaban J connectivity index is 1.69. The van der Waals surface area contributed by atoms with Gasteiger partial charge in [-0.25, -0.2) is 4.98 Å². The van der Waals surface area contributed by atoms with E-state index in [1.165, 1.54) is 6.08 Å². The highest BCUT2D eigenvalue weighted by Crippen LogP contribution is 2.29. The molecule has 1 aromatic heterocycles. The summed E-state index contributed by atoms with van der Waals surface area (Å²) < 4.78 is 5.91. The number of carbonyl (C=O) groups is 2. The van der Waals surface area contributed by atoms with E-state index < -0.39 is 5.60 Å². The monoisotopic (exact) mass is 429 g/mol. The average Bonchev–Trinajstić information content (AvgIpc) is 3.16. The number of hydrogen-bond donors (Lipinski definition) is 1. The highest BCUT2D eigenvalue weighted by atomic mass is 16.5. The van der Waals surface area contributed by atoms with Crippen LogP contribution in [-0.4, -0.2) is 32.2 Å². The van der Waals surface area contributed by atoms with Gasteiger partial charge in [0, 0.05) is 24.7 Å². The third-order valence-electron chi connectivity index (χ3n) is 5.51. The van der Waals surface area contributed by atoms with Gasteiger partial charge in [-0.1, -0.05) is 54.6 Å². The minimum absolute atomic E-state index is 0.0802. The van der Waals surface area contributed by atoms with Gasteiger partial charge in [-0.3, -0.25) is 9.59 Å². The molecular weight excluding hydrogens is 402 g/mol. The molecule has 0 spiro atoms. The fourth-order valence-electron chi connectivity index (χ4n) is 3.93. The van der Waals surface area contributed by atoms with Crippen molar-refractivity contribution in [2.24, 2.45) is 0 Å². The van der Waals surface area contributed by atoms with E-state index in [4.69, 9.17) is 4.74 Å².